The number of hydrogen-bond acceptors (Lipinski definition) is 3. The van der Waals surface area contributed by atoms with E-state index in [-0.39, 0.29) is 0 Å². The van der Waals surface area contributed by atoms with Crippen LogP contribution in [0.4, 0.5) is 5.69 Å². The molecule has 11 heavy (non-hydrogen) atoms. The standard InChI is InChI=1S/C7H10ClN3/c8-6-3-1-2-4-7(6)11-10-5-9/h1-4,10-11H,5,9H2. The fourth-order valence-electron chi connectivity index (χ4n) is 0.709. The summed E-state index contributed by atoms with van der Waals surface area (Å²) in [7, 11) is 0. The van der Waals surface area contributed by atoms with Gasteiger partial charge in [-0.2, -0.15) is 0 Å². The van der Waals surface area contributed by atoms with Gasteiger partial charge in [0.2, 0.25) is 0 Å². The van der Waals surface area contributed by atoms with Crippen molar-refractivity contribution in [2.75, 3.05) is 12.1 Å². The fourth-order valence-corrected chi connectivity index (χ4v) is 0.892. The van der Waals surface area contributed by atoms with Crippen LogP contribution < -0.4 is 16.6 Å². The van der Waals surface area contributed by atoms with Crippen LogP contribution in [0.3, 0.4) is 0 Å². The minimum atomic E-state index is 0.366. The Morgan fingerprint density at radius 2 is 2.09 bits per heavy atom. The van der Waals surface area contributed by atoms with E-state index in [1.165, 1.54) is 0 Å². The van der Waals surface area contributed by atoms with E-state index in [0.717, 1.165) is 5.69 Å². The van der Waals surface area contributed by atoms with E-state index in [9.17, 15) is 0 Å². The molecule has 0 aliphatic carbocycles. The number of benzene rings is 1. The summed E-state index contributed by atoms with van der Waals surface area (Å²) in [4.78, 5) is 0. The average molecular weight is 172 g/mol. The van der Waals surface area contributed by atoms with Gasteiger partial charge in [0.05, 0.1) is 17.4 Å². The number of halogens is 1. The normalized spacial score (nSPS) is 9.64. The number of nitrogens with two attached hydrogens (primary N) is 1. The van der Waals surface area contributed by atoms with Crippen molar-refractivity contribution in [3.63, 3.8) is 0 Å². The minimum absolute atomic E-state index is 0.366. The first-order chi connectivity index (χ1) is 5.34. The van der Waals surface area contributed by atoms with Crippen LogP contribution in [0, 0.1) is 0 Å². The second-order valence-corrected chi connectivity index (χ2v) is 2.39. The van der Waals surface area contributed by atoms with Crippen molar-refractivity contribution in [2.45, 2.75) is 0 Å². The molecule has 1 aromatic carbocycles. The summed E-state index contributed by atoms with van der Waals surface area (Å²) in [5, 5.41) is 0.674. The van der Waals surface area contributed by atoms with E-state index in [1.54, 1.807) is 0 Å². The molecule has 0 spiro atoms. The predicted octanol–water partition coefficient (Wildman–Crippen LogP) is 1.17. The van der Waals surface area contributed by atoms with Crippen molar-refractivity contribution in [3.8, 4) is 0 Å². The van der Waals surface area contributed by atoms with Crippen LogP contribution in [0.25, 0.3) is 0 Å². The van der Waals surface area contributed by atoms with Crippen LogP contribution in [0.1, 0.15) is 0 Å². The summed E-state index contributed by atoms with van der Waals surface area (Å²) in [6.45, 7) is 0.366. The lowest BCUT2D eigenvalue weighted by atomic mass is 10.3. The Labute approximate surface area is 70.5 Å². The Morgan fingerprint density at radius 1 is 1.36 bits per heavy atom. The molecule has 0 radical (unpaired) electrons. The zero-order valence-corrected chi connectivity index (χ0v) is 6.73. The van der Waals surface area contributed by atoms with Gasteiger partial charge in [0.1, 0.15) is 0 Å². The zero-order valence-electron chi connectivity index (χ0n) is 5.97. The zero-order chi connectivity index (χ0) is 8.10. The summed E-state index contributed by atoms with van der Waals surface area (Å²) in [5.41, 5.74) is 11.6. The SMILES string of the molecule is NCNNc1ccccc1Cl. The van der Waals surface area contributed by atoms with E-state index < -0.39 is 0 Å². The van der Waals surface area contributed by atoms with E-state index in [1.807, 2.05) is 24.3 Å². The lowest BCUT2D eigenvalue weighted by molar-refractivity contribution is 0.817. The van der Waals surface area contributed by atoms with Crippen molar-refractivity contribution >= 4 is 17.3 Å². The number of hydrogen-bond donors (Lipinski definition) is 3. The Hall–Kier alpha value is -0.770. The van der Waals surface area contributed by atoms with Crippen molar-refractivity contribution < 1.29 is 0 Å². The van der Waals surface area contributed by atoms with Crippen molar-refractivity contribution in [1.29, 1.82) is 0 Å². The van der Waals surface area contributed by atoms with Gasteiger partial charge in [-0.1, -0.05) is 23.7 Å². The largest absolute Gasteiger partial charge is 0.319 e. The Morgan fingerprint density at radius 3 is 2.73 bits per heavy atom. The molecular weight excluding hydrogens is 162 g/mol. The third kappa shape index (κ3) is 2.38. The summed E-state index contributed by atoms with van der Waals surface area (Å²) in [6.07, 6.45) is 0. The Bertz CT molecular complexity index is 227. The molecule has 0 fully saturated rings. The number of anilines is 1. The fraction of sp³-hybridized carbons (Fsp3) is 0.143. The molecule has 0 amide bonds. The highest BCUT2D eigenvalue weighted by atomic mass is 35.5. The number of hydrazine groups is 1. The molecule has 1 rings (SSSR count). The second kappa shape index (κ2) is 4.18. The molecule has 0 saturated heterocycles. The smallest absolute Gasteiger partial charge is 0.0674 e. The van der Waals surface area contributed by atoms with Crippen LogP contribution in [0.5, 0.6) is 0 Å². The summed E-state index contributed by atoms with van der Waals surface area (Å²) >= 11 is 5.82. The molecule has 3 nitrogen and oxygen atoms in total. The highest BCUT2D eigenvalue weighted by Crippen LogP contribution is 2.18. The predicted molar refractivity (Wildman–Crippen MR) is 47.3 cm³/mol. The second-order valence-electron chi connectivity index (χ2n) is 1.99. The van der Waals surface area contributed by atoms with E-state index in [2.05, 4.69) is 10.9 Å². The van der Waals surface area contributed by atoms with Crippen molar-refractivity contribution in [2.24, 2.45) is 5.73 Å². The number of para-hydroxylation sites is 1. The summed E-state index contributed by atoms with van der Waals surface area (Å²) in [5.74, 6) is 0. The van der Waals surface area contributed by atoms with Crippen LogP contribution in [-0.2, 0) is 0 Å². The Kier molecular flexibility index (Phi) is 3.16. The lowest BCUT2D eigenvalue weighted by Gasteiger charge is -2.06. The van der Waals surface area contributed by atoms with Crippen molar-refractivity contribution in [1.82, 2.24) is 5.43 Å². The molecule has 4 heteroatoms. The molecule has 0 bridgehead atoms. The maximum Gasteiger partial charge on any atom is 0.0674 e. The molecule has 0 atom stereocenters. The number of rotatable bonds is 3. The molecule has 0 aliphatic rings. The molecule has 0 heterocycles. The van der Waals surface area contributed by atoms with E-state index in [0.29, 0.717) is 11.7 Å². The molecule has 4 N–H and O–H groups in total. The number of nitrogens with one attached hydrogen (secondary N) is 2. The van der Waals surface area contributed by atoms with Gasteiger partial charge in [-0.15, -0.1) is 0 Å². The lowest BCUT2D eigenvalue weighted by Crippen LogP contribution is -2.28. The summed E-state index contributed by atoms with van der Waals surface area (Å²) in [6, 6.07) is 7.44. The maximum atomic E-state index is 5.82. The van der Waals surface area contributed by atoms with Crippen LogP contribution in [-0.4, -0.2) is 6.67 Å². The van der Waals surface area contributed by atoms with Crippen LogP contribution in [0.2, 0.25) is 5.02 Å². The first kappa shape index (κ1) is 8.33. The van der Waals surface area contributed by atoms with Gasteiger partial charge in [-0.3, -0.25) is 0 Å². The quantitative estimate of drug-likeness (QED) is 0.473. The Balaban J connectivity index is 2.62. The van der Waals surface area contributed by atoms with Gasteiger partial charge < -0.3 is 11.2 Å². The van der Waals surface area contributed by atoms with Gasteiger partial charge in [-0.25, -0.2) is 5.43 Å². The molecule has 1 aromatic rings. The monoisotopic (exact) mass is 171 g/mol. The highest BCUT2D eigenvalue weighted by Gasteiger charge is 1.94. The van der Waals surface area contributed by atoms with Crippen LogP contribution in [0.15, 0.2) is 24.3 Å². The van der Waals surface area contributed by atoms with Gasteiger partial charge in [0.15, 0.2) is 0 Å². The third-order valence-electron chi connectivity index (χ3n) is 1.20. The highest BCUT2D eigenvalue weighted by molar-refractivity contribution is 6.33. The minimum Gasteiger partial charge on any atom is -0.319 e. The van der Waals surface area contributed by atoms with Gasteiger partial charge >= 0.3 is 0 Å². The van der Waals surface area contributed by atoms with E-state index >= 15 is 0 Å². The first-order valence-corrected chi connectivity index (χ1v) is 3.66. The molecule has 0 unspecified atom stereocenters. The topological polar surface area (TPSA) is 50.1 Å². The first-order valence-electron chi connectivity index (χ1n) is 3.28. The third-order valence-corrected chi connectivity index (χ3v) is 1.53. The molecule has 60 valence electrons. The molecular formula is C7H10ClN3. The molecule has 0 aromatic heterocycles. The molecule has 0 saturated carbocycles. The van der Waals surface area contributed by atoms with E-state index in [4.69, 9.17) is 17.3 Å². The van der Waals surface area contributed by atoms with Gasteiger partial charge in [0, 0.05) is 0 Å². The molecule has 0 aliphatic heterocycles. The van der Waals surface area contributed by atoms with Crippen molar-refractivity contribution in [3.05, 3.63) is 29.3 Å². The summed E-state index contributed by atoms with van der Waals surface area (Å²) < 4.78 is 0. The van der Waals surface area contributed by atoms with Gasteiger partial charge in [0.25, 0.3) is 0 Å². The average Bonchev–Trinajstić information content (AvgIpc) is 2.03. The van der Waals surface area contributed by atoms with Crippen LogP contribution >= 0.6 is 11.6 Å². The maximum absolute atomic E-state index is 5.82. The van der Waals surface area contributed by atoms with Gasteiger partial charge in [-0.05, 0) is 12.1 Å².